The van der Waals surface area contributed by atoms with Crippen LogP contribution in [0.4, 0.5) is 4.39 Å². The average molecular weight is 400 g/mol. The standard InChI is InChI=1S/C23H29FN2O3/c1-15(19-11-20(24)14-22(13-19)29-2)26-21-8-7-18(12-21)16-3-5-17(6-4-16)23(28)25-9-10-27/h3-6,11,13-15,18,21,26-27H,7-10,12H2,1-2H3,(H,25,28)/t15-,18?,21+/m1/s1. The topological polar surface area (TPSA) is 70.6 Å². The zero-order chi connectivity index (χ0) is 20.8. The van der Waals surface area contributed by atoms with E-state index in [0.717, 1.165) is 24.8 Å². The second kappa shape index (κ2) is 9.85. The molecule has 0 radical (unpaired) electrons. The molecule has 0 heterocycles. The molecule has 0 saturated heterocycles. The highest BCUT2D eigenvalue weighted by Crippen LogP contribution is 2.35. The van der Waals surface area contributed by atoms with E-state index in [1.54, 1.807) is 13.2 Å². The highest BCUT2D eigenvalue weighted by atomic mass is 19.1. The maximum absolute atomic E-state index is 13.8. The molecule has 1 aliphatic rings. The van der Waals surface area contributed by atoms with Crippen LogP contribution < -0.4 is 15.4 Å². The van der Waals surface area contributed by atoms with Crippen LogP contribution in [0.25, 0.3) is 0 Å². The molecule has 1 fully saturated rings. The molecule has 1 saturated carbocycles. The molecule has 156 valence electrons. The summed E-state index contributed by atoms with van der Waals surface area (Å²) in [5, 5.41) is 15.1. The average Bonchev–Trinajstić information content (AvgIpc) is 3.20. The number of carbonyl (C=O) groups excluding carboxylic acids is 1. The van der Waals surface area contributed by atoms with Crippen LogP contribution in [0.3, 0.4) is 0 Å². The molecule has 5 nitrogen and oxygen atoms in total. The molecule has 29 heavy (non-hydrogen) atoms. The predicted molar refractivity (Wildman–Crippen MR) is 111 cm³/mol. The Bertz CT molecular complexity index is 825. The van der Waals surface area contributed by atoms with Crippen molar-refractivity contribution in [2.24, 2.45) is 0 Å². The fourth-order valence-corrected chi connectivity index (χ4v) is 4.02. The lowest BCUT2D eigenvalue weighted by molar-refractivity contribution is 0.0944. The van der Waals surface area contributed by atoms with Crippen molar-refractivity contribution in [1.29, 1.82) is 0 Å². The van der Waals surface area contributed by atoms with Crippen molar-refractivity contribution in [1.82, 2.24) is 10.6 Å². The van der Waals surface area contributed by atoms with Crippen LogP contribution in [0, 0.1) is 5.82 Å². The number of benzene rings is 2. The number of carbonyl (C=O) groups is 1. The Balaban J connectivity index is 1.57. The number of nitrogens with one attached hydrogen (secondary N) is 2. The van der Waals surface area contributed by atoms with Gasteiger partial charge >= 0.3 is 0 Å². The number of aliphatic hydroxyl groups is 1. The van der Waals surface area contributed by atoms with Gasteiger partial charge in [0.2, 0.25) is 0 Å². The SMILES string of the molecule is COc1cc(F)cc([C@@H](C)N[C@H]2CCC(c3ccc(C(=O)NCCO)cc3)C2)c1. The van der Waals surface area contributed by atoms with Gasteiger partial charge in [-0.3, -0.25) is 4.79 Å². The third kappa shape index (κ3) is 5.55. The van der Waals surface area contributed by atoms with E-state index in [9.17, 15) is 9.18 Å². The Morgan fingerprint density at radius 2 is 2.00 bits per heavy atom. The lowest BCUT2D eigenvalue weighted by atomic mass is 9.96. The van der Waals surface area contributed by atoms with Crippen LogP contribution in [0.2, 0.25) is 0 Å². The van der Waals surface area contributed by atoms with Crippen LogP contribution >= 0.6 is 0 Å². The Kier molecular flexibility index (Phi) is 7.23. The van der Waals surface area contributed by atoms with Crippen molar-refractivity contribution in [3.8, 4) is 5.75 Å². The van der Waals surface area contributed by atoms with Gasteiger partial charge in [0, 0.05) is 30.3 Å². The Hall–Kier alpha value is -2.44. The Morgan fingerprint density at radius 1 is 1.24 bits per heavy atom. The van der Waals surface area contributed by atoms with Crippen molar-refractivity contribution in [2.45, 2.75) is 44.2 Å². The van der Waals surface area contributed by atoms with E-state index in [1.807, 2.05) is 37.3 Å². The fraction of sp³-hybridized carbons (Fsp3) is 0.435. The molecule has 6 heteroatoms. The summed E-state index contributed by atoms with van der Waals surface area (Å²) in [6.07, 6.45) is 3.14. The molecule has 0 bridgehead atoms. The summed E-state index contributed by atoms with van der Waals surface area (Å²) < 4.78 is 19.0. The first-order valence-electron chi connectivity index (χ1n) is 10.1. The predicted octanol–water partition coefficient (Wildman–Crippen LogP) is 3.54. The van der Waals surface area contributed by atoms with Crippen LogP contribution in [0.1, 0.15) is 59.6 Å². The Morgan fingerprint density at radius 3 is 2.69 bits per heavy atom. The van der Waals surface area contributed by atoms with Gasteiger partial charge in [-0.15, -0.1) is 0 Å². The zero-order valence-corrected chi connectivity index (χ0v) is 17.0. The number of halogens is 1. The van der Waals surface area contributed by atoms with Gasteiger partial charge in [-0.25, -0.2) is 4.39 Å². The second-order valence-corrected chi connectivity index (χ2v) is 7.62. The molecular weight excluding hydrogens is 371 g/mol. The van der Waals surface area contributed by atoms with E-state index >= 15 is 0 Å². The molecule has 1 aliphatic carbocycles. The summed E-state index contributed by atoms with van der Waals surface area (Å²) in [7, 11) is 1.54. The van der Waals surface area contributed by atoms with Crippen LogP contribution in [0.5, 0.6) is 5.75 Å². The minimum Gasteiger partial charge on any atom is -0.497 e. The number of aliphatic hydroxyl groups excluding tert-OH is 1. The molecule has 3 rings (SSSR count). The number of hydrogen-bond donors (Lipinski definition) is 3. The van der Waals surface area contributed by atoms with E-state index in [-0.39, 0.29) is 30.9 Å². The molecule has 0 spiro atoms. The molecule has 0 aromatic heterocycles. The van der Waals surface area contributed by atoms with Gasteiger partial charge < -0.3 is 20.5 Å². The van der Waals surface area contributed by atoms with Crippen LogP contribution in [0.15, 0.2) is 42.5 Å². The minimum atomic E-state index is -0.291. The maximum atomic E-state index is 13.8. The van der Waals surface area contributed by atoms with E-state index in [1.165, 1.54) is 11.6 Å². The van der Waals surface area contributed by atoms with Crippen molar-refractivity contribution in [2.75, 3.05) is 20.3 Å². The lowest BCUT2D eigenvalue weighted by Gasteiger charge is -2.21. The van der Waals surface area contributed by atoms with Crippen molar-refractivity contribution < 1.29 is 19.0 Å². The first-order valence-corrected chi connectivity index (χ1v) is 10.1. The second-order valence-electron chi connectivity index (χ2n) is 7.62. The molecule has 1 amide bonds. The van der Waals surface area contributed by atoms with Gasteiger partial charge in [-0.1, -0.05) is 12.1 Å². The van der Waals surface area contributed by atoms with Crippen molar-refractivity contribution in [3.05, 3.63) is 65.0 Å². The molecule has 2 aromatic rings. The van der Waals surface area contributed by atoms with E-state index in [4.69, 9.17) is 9.84 Å². The first-order chi connectivity index (χ1) is 14.0. The van der Waals surface area contributed by atoms with E-state index in [2.05, 4.69) is 10.6 Å². The summed E-state index contributed by atoms with van der Waals surface area (Å²) >= 11 is 0. The van der Waals surface area contributed by atoms with Gasteiger partial charge in [0.1, 0.15) is 11.6 Å². The zero-order valence-electron chi connectivity index (χ0n) is 17.0. The lowest BCUT2D eigenvalue weighted by Crippen LogP contribution is -2.29. The summed E-state index contributed by atoms with van der Waals surface area (Å²) in [4.78, 5) is 11.9. The molecule has 1 unspecified atom stereocenters. The third-order valence-corrected chi connectivity index (χ3v) is 5.59. The van der Waals surface area contributed by atoms with Crippen LogP contribution in [-0.2, 0) is 0 Å². The maximum Gasteiger partial charge on any atom is 0.251 e. The summed E-state index contributed by atoms with van der Waals surface area (Å²) in [6.45, 7) is 2.23. The van der Waals surface area contributed by atoms with Gasteiger partial charge in [-0.05, 0) is 67.5 Å². The molecule has 2 aromatic carbocycles. The molecular formula is C23H29FN2O3. The van der Waals surface area contributed by atoms with E-state index < -0.39 is 0 Å². The number of ether oxygens (including phenoxy) is 1. The molecule has 0 aliphatic heterocycles. The third-order valence-electron chi connectivity index (χ3n) is 5.59. The van der Waals surface area contributed by atoms with Crippen molar-refractivity contribution in [3.63, 3.8) is 0 Å². The summed E-state index contributed by atoms with van der Waals surface area (Å²) in [5.41, 5.74) is 2.71. The van der Waals surface area contributed by atoms with Gasteiger partial charge in [0.05, 0.1) is 13.7 Å². The molecule has 3 atom stereocenters. The smallest absolute Gasteiger partial charge is 0.251 e. The van der Waals surface area contributed by atoms with E-state index in [0.29, 0.717) is 23.3 Å². The quantitative estimate of drug-likeness (QED) is 0.634. The number of hydrogen-bond acceptors (Lipinski definition) is 4. The van der Waals surface area contributed by atoms with Crippen LogP contribution in [-0.4, -0.2) is 37.3 Å². The number of rotatable bonds is 8. The largest absolute Gasteiger partial charge is 0.497 e. The molecule has 3 N–H and O–H groups in total. The highest BCUT2D eigenvalue weighted by molar-refractivity contribution is 5.94. The van der Waals surface area contributed by atoms with Gasteiger partial charge in [0.15, 0.2) is 0 Å². The summed E-state index contributed by atoms with van der Waals surface area (Å²) in [6, 6.07) is 12.9. The van der Waals surface area contributed by atoms with Gasteiger partial charge in [0.25, 0.3) is 5.91 Å². The minimum absolute atomic E-state index is 0.0287. The Labute approximate surface area is 171 Å². The monoisotopic (exact) mass is 400 g/mol. The number of methoxy groups -OCH3 is 1. The number of amides is 1. The fourth-order valence-electron chi connectivity index (χ4n) is 4.02. The normalized spacial score (nSPS) is 19.7. The van der Waals surface area contributed by atoms with Crippen molar-refractivity contribution >= 4 is 5.91 Å². The van der Waals surface area contributed by atoms with Gasteiger partial charge in [-0.2, -0.15) is 0 Å². The first kappa shape index (κ1) is 21.3. The highest BCUT2D eigenvalue weighted by Gasteiger charge is 2.27. The summed E-state index contributed by atoms with van der Waals surface area (Å²) in [5.74, 6) is 0.508.